The third-order valence-corrected chi connectivity index (χ3v) is 3.07. The van der Waals surface area contributed by atoms with Crippen LogP contribution < -0.4 is 0 Å². The smallest absolute Gasteiger partial charge is 0.126 e. The largest absolute Gasteiger partial charge is 0.393 e. The van der Waals surface area contributed by atoms with Crippen LogP contribution in [0, 0.1) is 0 Å². The van der Waals surface area contributed by atoms with E-state index in [0.717, 1.165) is 22.3 Å². The molecule has 0 aliphatic rings. The van der Waals surface area contributed by atoms with Crippen molar-refractivity contribution in [1.29, 1.82) is 0 Å². The van der Waals surface area contributed by atoms with E-state index in [0.29, 0.717) is 6.42 Å². The number of fused-ring (bicyclic) bond motifs is 1. The number of thiophene rings is 1. The molecule has 4 heteroatoms. The predicted octanol–water partition coefficient (Wildman–Crippen LogP) is 2.00. The Morgan fingerprint density at radius 3 is 3.14 bits per heavy atom. The van der Waals surface area contributed by atoms with Gasteiger partial charge in [-0.1, -0.05) is 6.92 Å². The van der Waals surface area contributed by atoms with Crippen molar-refractivity contribution in [3.63, 3.8) is 0 Å². The molecule has 74 valence electrons. The van der Waals surface area contributed by atoms with Crippen molar-refractivity contribution < 1.29 is 5.11 Å². The first-order valence-electron chi connectivity index (χ1n) is 4.66. The zero-order valence-electron chi connectivity index (χ0n) is 7.97. The van der Waals surface area contributed by atoms with Gasteiger partial charge in [-0.2, -0.15) is 0 Å². The third kappa shape index (κ3) is 1.76. The van der Waals surface area contributed by atoms with Gasteiger partial charge in [-0.3, -0.25) is 0 Å². The Labute approximate surface area is 86.4 Å². The van der Waals surface area contributed by atoms with Gasteiger partial charge >= 0.3 is 0 Å². The van der Waals surface area contributed by atoms with Gasteiger partial charge in [0.15, 0.2) is 0 Å². The summed E-state index contributed by atoms with van der Waals surface area (Å²) in [6.07, 6.45) is 2.64. The van der Waals surface area contributed by atoms with E-state index in [1.165, 1.54) is 0 Å². The van der Waals surface area contributed by atoms with Gasteiger partial charge in [0.2, 0.25) is 0 Å². The summed E-state index contributed by atoms with van der Waals surface area (Å²) in [6.45, 7) is 1.97. The lowest BCUT2D eigenvalue weighted by Crippen LogP contribution is -2.09. The Morgan fingerprint density at radius 1 is 1.50 bits per heavy atom. The average Bonchev–Trinajstić information content (AvgIpc) is 2.66. The maximum Gasteiger partial charge on any atom is 0.126 e. The summed E-state index contributed by atoms with van der Waals surface area (Å²) in [5.41, 5.74) is 0.950. The Kier molecular flexibility index (Phi) is 2.74. The number of nitrogens with zero attached hydrogens (tertiary/aromatic N) is 2. The van der Waals surface area contributed by atoms with Gasteiger partial charge < -0.3 is 5.11 Å². The second kappa shape index (κ2) is 4.02. The van der Waals surface area contributed by atoms with Crippen molar-refractivity contribution in [3.05, 3.63) is 23.5 Å². The summed E-state index contributed by atoms with van der Waals surface area (Å²) in [6, 6.07) is 2.01. The van der Waals surface area contributed by atoms with Crippen LogP contribution >= 0.6 is 11.3 Å². The Morgan fingerprint density at radius 2 is 2.36 bits per heavy atom. The van der Waals surface area contributed by atoms with Gasteiger partial charge in [0, 0.05) is 11.8 Å². The van der Waals surface area contributed by atoms with Gasteiger partial charge in [-0.05, 0) is 17.9 Å². The summed E-state index contributed by atoms with van der Waals surface area (Å²) in [5, 5.41) is 12.6. The highest BCUT2D eigenvalue weighted by atomic mass is 32.1. The molecule has 14 heavy (non-hydrogen) atoms. The lowest BCUT2D eigenvalue weighted by atomic mass is 10.1. The molecule has 0 bridgehead atoms. The SMILES string of the molecule is CCC(O)Cc1ncnc2sccc12. The molecule has 0 radical (unpaired) electrons. The van der Waals surface area contributed by atoms with Crippen molar-refractivity contribution in [1.82, 2.24) is 9.97 Å². The zero-order valence-corrected chi connectivity index (χ0v) is 8.79. The Balaban J connectivity index is 2.36. The van der Waals surface area contributed by atoms with Crippen LogP contribution in [0.15, 0.2) is 17.8 Å². The van der Waals surface area contributed by atoms with Gasteiger partial charge in [0.25, 0.3) is 0 Å². The van der Waals surface area contributed by atoms with Gasteiger partial charge in [-0.25, -0.2) is 9.97 Å². The lowest BCUT2D eigenvalue weighted by molar-refractivity contribution is 0.170. The van der Waals surface area contributed by atoms with Crippen LogP contribution in [0.5, 0.6) is 0 Å². The lowest BCUT2D eigenvalue weighted by Gasteiger charge is -2.06. The molecule has 2 heterocycles. The standard InChI is InChI=1S/C10H12N2OS/c1-2-7(13)5-9-8-3-4-14-10(8)12-6-11-9/h3-4,6-7,13H,2,5H2,1H3. The number of aliphatic hydroxyl groups is 1. The molecular formula is C10H12N2OS. The molecule has 1 atom stereocenters. The maximum absolute atomic E-state index is 9.55. The maximum atomic E-state index is 9.55. The first-order chi connectivity index (χ1) is 6.81. The van der Waals surface area contributed by atoms with E-state index in [2.05, 4.69) is 9.97 Å². The summed E-state index contributed by atoms with van der Waals surface area (Å²) in [4.78, 5) is 9.36. The molecule has 0 saturated heterocycles. The number of aliphatic hydroxyl groups excluding tert-OH is 1. The van der Waals surface area contributed by atoms with Crippen LogP contribution in [0.3, 0.4) is 0 Å². The van der Waals surface area contributed by atoms with Crippen LogP contribution in [-0.2, 0) is 6.42 Å². The number of rotatable bonds is 3. The number of hydrogen-bond acceptors (Lipinski definition) is 4. The van der Waals surface area contributed by atoms with Crippen LogP contribution in [0.25, 0.3) is 10.2 Å². The van der Waals surface area contributed by atoms with E-state index in [9.17, 15) is 5.11 Å². The molecular weight excluding hydrogens is 196 g/mol. The number of aromatic nitrogens is 2. The molecule has 2 aromatic heterocycles. The summed E-state index contributed by atoms with van der Waals surface area (Å²) in [5.74, 6) is 0. The van der Waals surface area contributed by atoms with Crippen LogP contribution in [-0.4, -0.2) is 21.2 Å². The topological polar surface area (TPSA) is 46.0 Å². The quantitative estimate of drug-likeness (QED) is 0.839. The number of hydrogen-bond donors (Lipinski definition) is 1. The fourth-order valence-corrected chi connectivity index (χ4v) is 2.13. The molecule has 0 aliphatic heterocycles. The second-order valence-corrected chi connectivity index (χ2v) is 4.12. The fraction of sp³-hybridized carbons (Fsp3) is 0.400. The second-order valence-electron chi connectivity index (χ2n) is 3.23. The molecule has 3 nitrogen and oxygen atoms in total. The minimum Gasteiger partial charge on any atom is -0.393 e. The molecule has 2 aromatic rings. The van der Waals surface area contributed by atoms with E-state index in [1.807, 2.05) is 18.4 Å². The highest BCUT2D eigenvalue weighted by molar-refractivity contribution is 7.16. The molecule has 0 spiro atoms. The van der Waals surface area contributed by atoms with E-state index in [-0.39, 0.29) is 6.10 Å². The average molecular weight is 208 g/mol. The normalized spacial score (nSPS) is 13.3. The van der Waals surface area contributed by atoms with Crippen molar-refractivity contribution in [2.75, 3.05) is 0 Å². The van der Waals surface area contributed by atoms with Gasteiger partial charge in [0.05, 0.1) is 11.8 Å². The van der Waals surface area contributed by atoms with Crippen LogP contribution in [0.4, 0.5) is 0 Å². The highest BCUT2D eigenvalue weighted by Gasteiger charge is 2.08. The Hall–Kier alpha value is -1.00. The molecule has 0 fully saturated rings. The minimum absolute atomic E-state index is 0.298. The van der Waals surface area contributed by atoms with Crippen molar-refractivity contribution >= 4 is 21.6 Å². The molecule has 0 aromatic carbocycles. The fourth-order valence-electron chi connectivity index (χ4n) is 1.37. The van der Waals surface area contributed by atoms with Crippen molar-refractivity contribution in [2.24, 2.45) is 0 Å². The molecule has 0 saturated carbocycles. The monoisotopic (exact) mass is 208 g/mol. The summed E-state index contributed by atoms with van der Waals surface area (Å²) >= 11 is 1.60. The first-order valence-corrected chi connectivity index (χ1v) is 5.54. The van der Waals surface area contributed by atoms with Crippen molar-refractivity contribution in [3.8, 4) is 0 Å². The molecule has 1 N–H and O–H groups in total. The minimum atomic E-state index is -0.298. The van der Waals surface area contributed by atoms with Crippen LogP contribution in [0.1, 0.15) is 19.0 Å². The van der Waals surface area contributed by atoms with E-state index < -0.39 is 0 Å². The van der Waals surface area contributed by atoms with Gasteiger partial charge in [0.1, 0.15) is 11.2 Å². The van der Waals surface area contributed by atoms with E-state index in [1.54, 1.807) is 17.7 Å². The highest BCUT2D eigenvalue weighted by Crippen LogP contribution is 2.21. The first kappa shape index (κ1) is 9.55. The van der Waals surface area contributed by atoms with Crippen molar-refractivity contribution in [2.45, 2.75) is 25.9 Å². The molecule has 1 unspecified atom stereocenters. The molecule has 2 rings (SSSR count). The third-order valence-electron chi connectivity index (χ3n) is 2.24. The van der Waals surface area contributed by atoms with Gasteiger partial charge in [-0.15, -0.1) is 11.3 Å². The zero-order chi connectivity index (χ0) is 9.97. The Bertz CT molecular complexity index is 427. The van der Waals surface area contributed by atoms with E-state index >= 15 is 0 Å². The van der Waals surface area contributed by atoms with E-state index in [4.69, 9.17) is 0 Å². The predicted molar refractivity (Wildman–Crippen MR) is 57.4 cm³/mol. The summed E-state index contributed by atoms with van der Waals surface area (Å²) in [7, 11) is 0. The molecule has 0 amide bonds. The summed E-state index contributed by atoms with van der Waals surface area (Å²) < 4.78 is 0. The van der Waals surface area contributed by atoms with Crippen LogP contribution in [0.2, 0.25) is 0 Å². The molecule has 0 aliphatic carbocycles.